The van der Waals surface area contributed by atoms with E-state index in [0.29, 0.717) is 39.7 Å². The van der Waals surface area contributed by atoms with Crippen molar-refractivity contribution in [3.05, 3.63) is 70.1 Å². The predicted octanol–water partition coefficient (Wildman–Crippen LogP) is 4.64. The second kappa shape index (κ2) is 9.42. The molecule has 0 bridgehead atoms. The minimum Gasteiger partial charge on any atom is -0.507 e. The maximum absolute atomic E-state index is 13.7. The maximum atomic E-state index is 13.7. The number of fused-ring (bicyclic) bond motifs is 3. The Bertz CT molecular complexity index is 1590. The SMILES string of the molecule is COc1ccc([C@H]2CC(=O)Oc3cc(O)c4c(=O)c(-c5ccc(OC)c(OC)c5)coc4c32)c(OC)c1. The second-order valence-electron chi connectivity index (χ2n) is 8.40. The summed E-state index contributed by atoms with van der Waals surface area (Å²) in [6.07, 6.45) is 1.31. The van der Waals surface area contributed by atoms with E-state index in [-0.39, 0.29) is 34.5 Å². The van der Waals surface area contributed by atoms with Gasteiger partial charge in [-0.05, 0) is 23.8 Å². The highest BCUT2D eigenvalue weighted by Crippen LogP contribution is 2.48. The third kappa shape index (κ3) is 3.98. The fourth-order valence-corrected chi connectivity index (χ4v) is 4.71. The lowest BCUT2D eigenvalue weighted by Gasteiger charge is -2.27. The maximum Gasteiger partial charge on any atom is 0.312 e. The number of hydrogen-bond acceptors (Lipinski definition) is 9. The van der Waals surface area contributed by atoms with E-state index in [2.05, 4.69) is 0 Å². The molecule has 2 heterocycles. The van der Waals surface area contributed by atoms with Gasteiger partial charge in [0.15, 0.2) is 11.5 Å². The van der Waals surface area contributed by atoms with Gasteiger partial charge >= 0.3 is 5.97 Å². The Morgan fingerprint density at radius 2 is 1.62 bits per heavy atom. The van der Waals surface area contributed by atoms with E-state index in [1.807, 2.05) is 0 Å². The van der Waals surface area contributed by atoms with Crippen molar-refractivity contribution >= 4 is 16.9 Å². The van der Waals surface area contributed by atoms with Crippen molar-refractivity contribution in [1.29, 1.82) is 0 Å². The zero-order valence-corrected chi connectivity index (χ0v) is 20.6. The minimum absolute atomic E-state index is 0.0172. The molecule has 0 unspecified atom stereocenters. The van der Waals surface area contributed by atoms with Gasteiger partial charge in [0.2, 0.25) is 5.43 Å². The van der Waals surface area contributed by atoms with Crippen LogP contribution in [0.3, 0.4) is 0 Å². The third-order valence-corrected chi connectivity index (χ3v) is 6.48. The molecule has 1 aromatic heterocycles. The van der Waals surface area contributed by atoms with E-state index in [1.54, 1.807) is 43.5 Å². The molecule has 3 aromatic carbocycles. The van der Waals surface area contributed by atoms with Crippen LogP contribution < -0.4 is 29.1 Å². The van der Waals surface area contributed by atoms with Crippen LogP contribution in [0.4, 0.5) is 0 Å². The molecule has 0 saturated carbocycles. The van der Waals surface area contributed by atoms with Crippen LogP contribution in [0.1, 0.15) is 23.5 Å². The first-order valence-electron chi connectivity index (χ1n) is 11.4. The summed E-state index contributed by atoms with van der Waals surface area (Å²) < 4.78 is 33.0. The number of hydrogen-bond donors (Lipinski definition) is 1. The van der Waals surface area contributed by atoms with Crippen molar-refractivity contribution in [2.24, 2.45) is 0 Å². The standard InChI is InChI=1S/C28H24O9/c1-32-15-6-7-16(21(10-15)34-3)17-11-24(30)37-23-12-19(29)26-27(31)18(13-36-28(26)25(17)23)14-5-8-20(33-2)22(9-14)35-4/h5-10,12-13,17,29H,11H2,1-4H3/t17-/m1/s1. The molecule has 1 aliphatic rings. The van der Waals surface area contributed by atoms with E-state index < -0.39 is 17.3 Å². The summed E-state index contributed by atoms with van der Waals surface area (Å²) in [6, 6.07) is 11.6. The van der Waals surface area contributed by atoms with E-state index in [0.717, 1.165) is 0 Å². The molecule has 4 aromatic rings. The molecule has 1 atom stereocenters. The Hall–Kier alpha value is -4.66. The van der Waals surface area contributed by atoms with Crippen LogP contribution in [0.25, 0.3) is 22.1 Å². The lowest BCUT2D eigenvalue weighted by molar-refractivity contribution is -0.135. The van der Waals surface area contributed by atoms with Crippen molar-refractivity contribution in [3.63, 3.8) is 0 Å². The van der Waals surface area contributed by atoms with Crippen LogP contribution in [-0.2, 0) is 4.79 Å². The number of carbonyl (C=O) groups is 1. The molecule has 0 aliphatic carbocycles. The molecular weight excluding hydrogens is 480 g/mol. The number of aromatic hydroxyl groups is 1. The van der Waals surface area contributed by atoms with Gasteiger partial charge in [-0.15, -0.1) is 0 Å². The van der Waals surface area contributed by atoms with Gasteiger partial charge in [0.25, 0.3) is 0 Å². The third-order valence-electron chi connectivity index (χ3n) is 6.48. The quantitative estimate of drug-likeness (QED) is 0.296. The van der Waals surface area contributed by atoms with Gasteiger partial charge in [0, 0.05) is 29.2 Å². The van der Waals surface area contributed by atoms with Crippen LogP contribution in [0.2, 0.25) is 0 Å². The monoisotopic (exact) mass is 504 g/mol. The molecule has 1 N–H and O–H groups in total. The van der Waals surface area contributed by atoms with Crippen molar-refractivity contribution in [1.82, 2.24) is 0 Å². The van der Waals surface area contributed by atoms with E-state index >= 15 is 0 Å². The van der Waals surface area contributed by atoms with Gasteiger partial charge in [0.05, 0.1) is 40.4 Å². The Morgan fingerprint density at radius 1 is 0.865 bits per heavy atom. The molecule has 0 fully saturated rings. The van der Waals surface area contributed by atoms with Gasteiger partial charge in [0.1, 0.15) is 40.2 Å². The number of esters is 1. The summed E-state index contributed by atoms with van der Waals surface area (Å²) in [4.78, 5) is 26.2. The zero-order chi connectivity index (χ0) is 26.3. The number of carbonyl (C=O) groups excluding carboxylic acids is 1. The number of phenolic OH excluding ortho intramolecular Hbond substituents is 1. The van der Waals surface area contributed by atoms with Crippen LogP contribution in [0.15, 0.2) is 57.9 Å². The van der Waals surface area contributed by atoms with E-state index in [9.17, 15) is 14.7 Å². The zero-order valence-electron chi connectivity index (χ0n) is 20.6. The molecule has 9 heteroatoms. The number of phenols is 1. The molecule has 37 heavy (non-hydrogen) atoms. The lowest BCUT2D eigenvalue weighted by Crippen LogP contribution is -2.22. The largest absolute Gasteiger partial charge is 0.507 e. The summed E-state index contributed by atoms with van der Waals surface area (Å²) in [7, 11) is 6.08. The molecular formula is C28H24O9. The summed E-state index contributed by atoms with van der Waals surface area (Å²) >= 11 is 0. The van der Waals surface area contributed by atoms with E-state index in [1.165, 1.54) is 33.7 Å². The molecule has 5 rings (SSSR count). The van der Waals surface area contributed by atoms with Crippen molar-refractivity contribution in [2.75, 3.05) is 28.4 Å². The Balaban J connectivity index is 1.74. The summed E-state index contributed by atoms with van der Waals surface area (Å²) in [5.41, 5.74) is 1.55. The fourth-order valence-electron chi connectivity index (χ4n) is 4.71. The first kappa shape index (κ1) is 24.1. The number of rotatable bonds is 6. The molecule has 9 nitrogen and oxygen atoms in total. The highest BCUT2D eigenvalue weighted by Gasteiger charge is 2.35. The average molecular weight is 504 g/mol. The van der Waals surface area contributed by atoms with Crippen LogP contribution in [0.5, 0.6) is 34.5 Å². The molecule has 0 radical (unpaired) electrons. The molecule has 0 spiro atoms. The topological polar surface area (TPSA) is 114 Å². The van der Waals surface area contributed by atoms with Crippen LogP contribution >= 0.6 is 0 Å². The van der Waals surface area contributed by atoms with Gasteiger partial charge in [-0.2, -0.15) is 0 Å². The van der Waals surface area contributed by atoms with Crippen molar-refractivity contribution in [2.45, 2.75) is 12.3 Å². The summed E-state index contributed by atoms with van der Waals surface area (Å²) in [5.74, 6) is 0.732. The highest BCUT2D eigenvalue weighted by molar-refractivity contribution is 5.94. The molecule has 190 valence electrons. The van der Waals surface area contributed by atoms with Gasteiger partial charge in [-0.3, -0.25) is 9.59 Å². The smallest absolute Gasteiger partial charge is 0.312 e. The fraction of sp³-hybridized carbons (Fsp3) is 0.214. The van der Waals surface area contributed by atoms with Crippen molar-refractivity contribution in [3.8, 4) is 45.6 Å². The first-order valence-corrected chi connectivity index (χ1v) is 11.4. The van der Waals surface area contributed by atoms with Crippen LogP contribution in [0, 0.1) is 0 Å². The van der Waals surface area contributed by atoms with Crippen molar-refractivity contribution < 1.29 is 38.0 Å². The molecule has 0 amide bonds. The van der Waals surface area contributed by atoms with E-state index in [4.69, 9.17) is 28.1 Å². The normalized spacial score (nSPS) is 14.6. The Morgan fingerprint density at radius 3 is 2.32 bits per heavy atom. The Kier molecular flexibility index (Phi) is 6.12. The lowest BCUT2D eigenvalue weighted by atomic mass is 9.84. The predicted molar refractivity (Wildman–Crippen MR) is 134 cm³/mol. The second-order valence-corrected chi connectivity index (χ2v) is 8.40. The van der Waals surface area contributed by atoms with Gasteiger partial charge in [-0.25, -0.2) is 0 Å². The number of methoxy groups -OCH3 is 4. The first-order chi connectivity index (χ1) is 17.9. The highest BCUT2D eigenvalue weighted by atomic mass is 16.5. The average Bonchev–Trinajstić information content (AvgIpc) is 2.91. The molecule has 0 saturated heterocycles. The molecule has 1 aliphatic heterocycles. The number of ether oxygens (including phenoxy) is 5. The summed E-state index contributed by atoms with van der Waals surface area (Å²) in [5, 5.41) is 10.8. The van der Waals surface area contributed by atoms with Gasteiger partial charge < -0.3 is 33.2 Å². The number of benzene rings is 3. The Labute approximate surface area is 211 Å². The summed E-state index contributed by atoms with van der Waals surface area (Å²) in [6.45, 7) is 0. The van der Waals surface area contributed by atoms with Crippen LogP contribution in [-0.4, -0.2) is 39.5 Å². The minimum atomic E-state index is -0.560. The van der Waals surface area contributed by atoms with Gasteiger partial charge in [-0.1, -0.05) is 12.1 Å².